The zero-order valence-corrected chi connectivity index (χ0v) is 7.59. The van der Waals surface area contributed by atoms with Gasteiger partial charge in [0.15, 0.2) is 0 Å². The summed E-state index contributed by atoms with van der Waals surface area (Å²) < 4.78 is 0. The van der Waals surface area contributed by atoms with Gasteiger partial charge in [0.25, 0.3) is 0 Å². The van der Waals surface area contributed by atoms with Gasteiger partial charge in [0.1, 0.15) is 0 Å². The fourth-order valence-corrected chi connectivity index (χ4v) is 0.639. The fourth-order valence-electron chi connectivity index (χ4n) is 0.639. The number of hydrogen-bond donors (Lipinski definition) is 1. The summed E-state index contributed by atoms with van der Waals surface area (Å²) in [5, 5.41) is 7.03. The van der Waals surface area contributed by atoms with Crippen molar-refractivity contribution < 1.29 is 0 Å². The first-order valence-electron chi connectivity index (χ1n) is 4.06. The second-order valence-electron chi connectivity index (χ2n) is 2.70. The highest BCUT2D eigenvalue weighted by Gasteiger charge is 1.96. The van der Waals surface area contributed by atoms with Gasteiger partial charge in [-0.25, -0.2) is 0 Å². The molecule has 1 nitrogen and oxygen atoms in total. The fraction of sp³-hybridized carbons (Fsp3) is 0.500. The molecule has 0 radical (unpaired) electrons. The second kappa shape index (κ2) is 5.90. The van der Waals surface area contributed by atoms with E-state index in [2.05, 4.69) is 32.1 Å². The zero-order chi connectivity index (χ0) is 8.69. The molecule has 0 rings (SSSR count). The predicted octanol–water partition coefficient (Wildman–Crippen LogP) is 3.18. The molecule has 0 aromatic carbocycles. The molecule has 1 N–H and O–H groups in total. The van der Waals surface area contributed by atoms with E-state index in [-0.39, 0.29) is 5.92 Å². The Hall–Kier alpha value is -0.850. The van der Waals surface area contributed by atoms with Crippen LogP contribution in [-0.2, 0) is 0 Å². The van der Waals surface area contributed by atoms with Crippen LogP contribution in [0.4, 0.5) is 0 Å². The first-order valence-corrected chi connectivity index (χ1v) is 4.06. The lowest BCUT2D eigenvalue weighted by molar-refractivity contribution is 0.929. The van der Waals surface area contributed by atoms with E-state index < -0.39 is 0 Å². The molecule has 11 heavy (non-hydrogen) atoms. The number of allylic oxidation sites excluding steroid dienone is 4. The van der Waals surface area contributed by atoms with Crippen LogP contribution in [0, 0.1) is 11.3 Å². The summed E-state index contributed by atoms with van der Waals surface area (Å²) in [6, 6.07) is 0. The van der Waals surface area contributed by atoms with Crippen molar-refractivity contribution >= 4 is 6.21 Å². The molecule has 0 bridgehead atoms. The quantitative estimate of drug-likeness (QED) is 0.471. The average molecular weight is 151 g/mol. The third-order valence-corrected chi connectivity index (χ3v) is 1.70. The minimum atomic E-state index is 0.275. The molecule has 1 heteroatoms. The van der Waals surface area contributed by atoms with E-state index in [0.29, 0.717) is 0 Å². The number of nitrogens with one attached hydrogen (secondary N) is 1. The van der Waals surface area contributed by atoms with Crippen molar-refractivity contribution in [2.75, 3.05) is 0 Å². The summed E-state index contributed by atoms with van der Waals surface area (Å²) >= 11 is 0. The predicted molar refractivity (Wildman–Crippen MR) is 51.1 cm³/mol. The van der Waals surface area contributed by atoms with Gasteiger partial charge in [-0.05, 0) is 13.3 Å². The lowest BCUT2D eigenvalue weighted by atomic mass is 10.0. The summed E-state index contributed by atoms with van der Waals surface area (Å²) in [5.41, 5.74) is 1.24. The van der Waals surface area contributed by atoms with Crippen LogP contribution in [0.25, 0.3) is 0 Å². The molecular weight excluding hydrogens is 134 g/mol. The maximum absolute atomic E-state index is 7.03. The second-order valence-corrected chi connectivity index (χ2v) is 2.70. The molecule has 0 aliphatic rings. The Labute approximate surface area is 69.3 Å². The largest absolute Gasteiger partial charge is 0.312 e. The molecule has 0 aliphatic heterocycles. The maximum Gasteiger partial charge on any atom is 0.0117 e. The summed E-state index contributed by atoms with van der Waals surface area (Å²) in [4.78, 5) is 0. The third-order valence-electron chi connectivity index (χ3n) is 1.70. The first-order chi connectivity index (χ1) is 5.22. The van der Waals surface area contributed by atoms with E-state index in [1.165, 1.54) is 11.8 Å². The van der Waals surface area contributed by atoms with Crippen LogP contribution in [0.15, 0.2) is 23.8 Å². The van der Waals surface area contributed by atoms with Gasteiger partial charge >= 0.3 is 0 Å². The van der Waals surface area contributed by atoms with Crippen LogP contribution >= 0.6 is 0 Å². The highest BCUT2D eigenvalue weighted by atomic mass is 14.3. The Balaban J connectivity index is 3.99. The normalized spacial score (nSPS) is 15.4. The van der Waals surface area contributed by atoms with E-state index in [4.69, 9.17) is 5.41 Å². The molecule has 0 fully saturated rings. The topological polar surface area (TPSA) is 23.9 Å². The van der Waals surface area contributed by atoms with E-state index in [1.807, 2.05) is 6.92 Å². The van der Waals surface area contributed by atoms with Gasteiger partial charge in [-0.2, -0.15) is 0 Å². The van der Waals surface area contributed by atoms with E-state index >= 15 is 0 Å². The molecule has 62 valence electrons. The monoisotopic (exact) mass is 151 g/mol. The van der Waals surface area contributed by atoms with Crippen molar-refractivity contribution in [3.05, 3.63) is 23.8 Å². The Bertz CT molecular complexity index is 166. The van der Waals surface area contributed by atoms with E-state index in [1.54, 1.807) is 0 Å². The first kappa shape index (κ1) is 10.2. The molecule has 0 aromatic heterocycles. The van der Waals surface area contributed by atoms with Gasteiger partial charge in [-0.1, -0.05) is 37.6 Å². The maximum atomic E-state index is 7.03. The summed E-state index contributed by atoms with van der Waals surface area (Å²) in [6.45, 7) is 6.19. The summed E-state index contributed by atoms with van der Waals surface area (Å²) in [6.07, 6.45) is 8.77. The van der Waals surface area contributed by atoms with Crippen molar-refractivity contribution in [1.82, 2.24) is 0 Å². The standard InChI is InChI=1S/C10H17N/c1-4-5-6-7-9(2)10(3)8-11/h5-8,10-11H,4H2,1-3H3/b6-5-,9-7-,11-8?. The van der Waals surface area contributed by atoms with Crippen molar-refractivity contribution in [3.8, 4) is 0 Å². The van der Waals surface area contributed by atoms with Gasteiger partial charge in [-0.3, -0.25) is 0 Å². The molecule has 1 unspecified atom stereocenters. The molecule has 0 spiro atoms. The minimum absolute atomic E-state index is 0.275. The van der Waals surface area contributed by atoms with Gasteiger partial charge in [0.05, 0.1) is 0 Å². The van der Waals surface area contributed by atoms with Gasteiger partial charge < -0.3 is 5.41 Å². The molecule has 0 amide bonds. The van der Waals surface area contributed by atoms with Crippen molar-refractivity contribution in [1.29, 1.82) is 5.41 Å². The lowest BCUT2D eigenvalue weighted by Gasteiger charge is -2.02. The SMILES string of the molecule is CC/C=C\C=C(\C)C(C)C=N. The highest BCUT2D eigenvalue weighted by Crippen LogP contribution is 2.05. The van der Waals surface area contributed by atoms with Gasteiger partial charge in [0.2, 0.25) is 0 Å². The molecule has 0 aromatic rings. The van der Waals surface area contributed by atoms with Crippen LogP contribution in [0.3, 0.4) is 0 Å². The van der Waals surface area contributed by atoms with Gasteiger partial charge in [0, 0.05) is 12.1 Å². The molecular formula is C10H17N. The van der Waals surface area contributed by atoms with Gasteiger partial charge in [-0.15, -0.1) is 0 Å². The van der Waals surface area contributed by atoms with Crippen LogP contribution in [0.2, 0.25) is 0 Å². The lowest BCUT2D eigenvalue weighted by Crippen LogP contribution is -1.95. The van der Waals surface area contributed by atoms with Crippen molar-refractivity contribution in [2.24, 2.45) is 5.92 Å². The Morgan fingerprint density at radius 2 is 2.18 bits per heavy atom. The zero-order valence-electron chi connectivity index (χ0n) is 7.59. The van der Waals surface area contributed by atoms with Crippen molar-refractivity contribution in [3.63, 3.8) is 0 Å². The van der Waals surface area contributed by atoms with E-state index in [0.717, 1.165) is 6.42 Å². The summed E-state index contributed by atoms with van der Waals surface area (Å²) in [5.74, 6) is 0.275. The molecule has 0 aliphatic carbocycles. The van der Waals surface area contributed by atoms with Crippen LogP contribution < -0.4 is 0 Å². The molecule has 1 atom stereocenters. The number of hydrogen-bond acceptors (Lipinski definition) is 1. The molecule has 0 saturated heterocycles. The van der Waals surface area contributed by atoms with E-state index in [9.17, 15) is 0 Å². The molecule has 0 heterocycles. The molecule has 0 saturated carbocycles. The highest BCUT2D eigenvalue weighted by molar-refractivity contribution is 5.60. The van der Waals surface area contributed by atoms with Crippen LogP contribution in [0.5, 0.6) is 0 Å². The van der Waals surface area contributed by atoms with Crippen molar-refractivity contribution in [2.45, 2.75) is 27.2 Å². The number of rotatable bonds is 4. The third kappa shape index (κ3) is 4.54. The Morgan fingerprint density at radius 1 is 1.55 bits per heavy atom. The van der Waals surface area contributed by atoms with Crippen LogP contribution in [-0.4, -0.2) is 6.21 Å². The van der Waals surface area contributed by atoms with Crippen LogP contribution in [0.1, 0.15) is 27.2 Å². The Morgan fingerprint density at radius 3 is 2.64 bits per heavy atom. The minimum Gasteiger partial charge on any atom is -0.312 e. The Kier molecular flexibility index (Phi) is 5.44. The average Bonchev–Trinajstić information content (AvgIpc) is 2.03. The smallest absolute Gasteiger partial charge is 0.0117 e. The summed E-state index contributed by atoms with van der Waals surface area (Å²) in [7, 11) is 0.